The van der Waals surface area contributed by atoms with Gasteiger partial charge in [0, 0.05) is 5.02 Å². The van der Waals surface area contributed by atoms with Gasteiger partial charge in [-0.05, 0) is 49.4 Å². The van der Waals surface area contributed by atoms with Crippen molar-refractivity contribution in [1.82, 2.24) is 0 Å². The molecule has 0 unspecified atom stereocenters. The van der Waals surface area contributed by atoms with Gasteiger partial charge in [-0.1, -0.05) is 23.2 Å². The Labute approximate surface area is 169 Å². The summed E-state index contributed by atoms with van der Waals surface area (Å²) < 4.78 is 70.6. The Morgan fingerprint density at radius 3 is 2.25 bits per heavy atom. The molecule has 11 heteroatoms. The first-order valence-corrected chi connectivity index (χ1v) is 9.97. The Morgan fingerprint density at radius 1 is 1.11 bits per heavy atom. The van der Waals surface area contributed by atoms with Gasteiger partial charge < -0.3 is 4.74 Å². The van der Waals surface area contributed by atoms with E-state index in [1.807, 2.05) is 0 Å². The van der Waals surface area contributed by atoms with Crippen molar-refractivity contribution >= 4 is 44.9 Å². The molecule has 152 valence electrons. The number of hydrogen-bond donors (Lipinski definition) is 0. The summed E-state index contributed by atoms with van der Waals surface area (Å²) in [4.78, 5) is 11.7. The molecule has 2 aromatic rings. The number of nitrogens with zero attached hydrogens (tertiary/aromatic N) is 1. The third kappa shape index (κ3) is 5.09. The predicted octanol–water partition coefficient (Wildman–Crippen LogP) is 4.77. The van der Waals surface area contributed by atoms with Crippen LogP contribution in [0.2, 0.25) is 10.0 Å². The first kappa shape index (κ1) is 22.3. The number of rotatable bonds is 6. The van der Waals surface area contributed by atoms with Crippen molar-refractivity contribution in [3.05, 3.63) is 58.1 Å². The van der Waals surface area contributed by atoms with Crippen molar-refractivity contribution in [3.63, 3.8) is 0 Å². The summed E-state index contributed by atoms with van der Waals surface area (Å²) in [6, 6.07) is 7.11. The van der Waals surface area contributed by atoms with Crippen LogP contribution in [0, 0.1) is 0 Å². The van der Waals surface area contributed by atoms with Gasteiger partial charge in [0.1, 0.15) is 6.54 Å². The average Bonchev–Trinajstić information content (AvgIpc) is 2.60. The van der Waals surface area contributed by atoms with Gasteiger partial charge in [0.05, 0.1) is 27.8 Å². The van der Waals surface area contributed by atoms with Crippen molar-refractivity contribution < 1.29 is 31.1 Å². The molecule has 5 nitrogen and oxygen atoms in total. The highest BCUT2D eigenvalue weighted by atomic mass is 35.5. The summed E-state index contributed by atoms with van der Waals surface area (Å²) in [5.74, 6) is -0.950. The maximum Gasteiger partial charge on any atom is 0.416 e. The van der Waals surface area contributed by atoms with Gasteiger partial charge in [0.2, 0.25) is 0 Å². The monoisotopic (exact) mass is 455 g/mol. The summed E-state index contributed by atoms with van der Waals surface area (Å²) in [7, 11) is -4.45. The van der Waals surface area contributed by atoms with Gasteiger partial charge >= 0.3 is 12.1 Å². The Bertz CT molecular complexity index is 963. The van der Waals surface area contributed by atoms with E-state index in [4.69, 9.17) is 27.9 Å². The highest BCUT2D eigenvalue weighted by molar-refractivity contribution is 7.92. The molecule has 0 atom stereocenters. The first-order chi connectivity index (χ1) is 13.0. The lowest BCUT2D eigenvalue weighted by atomic mass is 10.2. The molecule has 0 amide bonds. The number of anilines is 1. The fourth-order valence-corrected chi connectivity index (χ4v) is 4.05. The minimum atomic E-state index is -4.74. The molecule has 0 spiro atoms. The van der Waals surface area contributed by atoms with Crippen molar-refractivity contribution in [2.24, 2.45) is 0 Å². The molecule has 28 heavy (non-hydrogen) atoms. The zero-order chi connectivity index (χ0) is 21.1. The van der Waals surface area contributed by atoms with Crippen molar-refractivity contribution in [2.45, 2.75) is 18.0 Å². The van der Waals surface area contributed by atoms with Crippen LogP contribution < -0.4 is 4.31 Å². The quantitative estimate of drug-likeness (QED) is 0.588. The molecule has 0 aliphatic heterocycles. The fraction of sp³-hybridized carbons (Fsp3) is 0.235. The predicted molar refractivity (Wildman–Crippen MR) is 99.1 cm³/mol. The standard InChI is InChI=1S/C17H14Cl2F3NO4S/c1-2-27-16(24)10-23(28(25,26)13-6-4-12(18)5-7-13)15-9-11(17(20,21)22)3-8-14(15)19/h3-9H,2,10H2,1H3. The number of alkyl halides is 3. The summed E-state index contributed by atoms with van der Waals surface area (Å²) in [6.45, 7) is 0.608. The molecule has 0 aliphatic carbocycles. The maximum absolute atomic E-state index is 13.1. The number of esters is 1. The molecule has 0 bridgehead atoms. The van der Waals surface area contributed by atoms with Crippen LogP contribution in [0.1, 0.15) is 12.5 Å². The largest absolute Gasteiger partial charge is 0.465 e. The number of halogens is 5. The van der Waals surface area contributed by atoms with Gasteiger partial charge in [-0.3, -0.25) is 9.10 Å². The average molecular weight is 456 g/mol. The number of carbonyl (C=O) groups is 1. The molecule has 0 aliphatic rings. The second kappa shape index (κ2) is 8.59. The van der Waals surface area contributed by atoms with E-state index < -0.39 is 40.0 Å². The van der Waals surface area contributed by atoms with Gasteiger partial charge in [-0.25, -0.2) is 8.42 Å². The topological polar surface area (TPSA) is 63.7 Å². The highest BCUT2D eigenvalue weighted by Gasteiger charge is 2.34. The SMILES string of the molecule is CCOC(=O)CN(c1cc(C(F)(F)F)ccc1Cl)S(=O)(=O)c1ccc(Cl)cc1. The molecule has 2 aromatic carbocycles. The third-order valence-corrected chi connectivity index (χ3v) is 5.87. The molecule has 0 saturated carbocycles. The summed E-state index contributed by atoms with van der Waals surface area (Å²) in [6.07, 6.45) is -4.74. The smallest absolute Gasteiger partial charge is 0.416 e. The van der Waals surface area contributed by atoms with Crippen LogP contribution in [-0.4, -0.2) is 27.5 Å². The Kier molecular flexibility index (Phi) is 6.84. The molecule has 0 aromatic heterocycles. The fourth-order valence-electron chi connectivity index (χ4n) is 2.24. The van der Waals surface area contributed by atoms with Gasteiger partial charge in [0.25, 0.3) is 10.0 Å². The number of carbonyl (C=O) groups excluding carboxylic acids is 1. The van der Waals surface area contributed by atoms with Gasteiger partial charge in [-0.15, -0.1) is 0 Å². The van der Waals surface area contributed by atoms with Crippen molar-refractivity contribution in [1.29, 1.82) is 0 Å². The number of benzene rings is 2. The molecule has 0 fully saturated rings. The lowest BCUT2D eigenvalue weighted by Crippen LogP contribution is -2.37. The van der Waals surface area contributed by atoms with Crippen LogP contribution in [0.25, 0.3) is 0 Å². The van der Waals surface area contributed by atoms with Gasteiger partial charge in [0.15, 0.2) is 0 Å². The Balaban J connectivity index is 2.63. The van der Waals surface area contributed by atoms with E-state index in [0.717, 1.165) is 18.2 Å². The van der Waals surface area contributed by atoms with Crippen LogP contribution in [0.3, 0.4) is 0 Å². The minimum absolute atomic E-state index is 0.0377. The van der Waals surface area contributed by atoms with E-state index in [0.29, 0.717) is 16.4 Å². The van der Waals surface area contributed by atoms with Crippen LogP contribution >= 0.6 is 23.2 Å². The Hall–Kier alpha value is -1.97. The summed E-state index contributed by atoms with van der Waals surface area (Å²) in [5, 5.41) is -0.0252. The zero-order valence-corrected chi connectivity index (χ0v) is 16.7. The van der Waals surface area contributed by atoms with E-state index in [-0.39, 0.29) is 21.5 Å². The lowest BCUT2D eigenvalue weighted by Gasteiger charge is -2.25. The number of sulfonamides is 1. The van der Waals surface area contributed by atoms with Crippen LogP contribution in [-0.2, 0) is 25.7 Å². The van der Waals surface area contributed by atoms with Crippen molar-refractivity contribution in [3.8, 4) is 0 Å². The van der Waals surface area contributed by atoms with E-state index in [1.165, 1.54) is 19.1 Å². The van der Waals surface area contributed by atoms with E-state index >= 15 is 0 Å². The third-order valence-electron chi connectivity index (χ3n) is 3.52. The molecular formula is C17H14Cl2F3NO4S. The second-order valence-corrected chi connectivity index (χ2v) is 8.14. The number of hydrogen-bond acceptors (Lipinski definition) is 4. The molecule has 0 heterocycles. The molecule has 0 N–H and O–H groups in total. The molecular weight excluding hydrogens is 442 g/mol. The van der Waals surface area contributed by atoms with Crippen molar-refractivity contribution in [2.75, 3.05) is 17.5 Å². The van der Waals surface area contributed by atoms with Crippen LogP contribution in [0.4, 0.5) is 18.9 Å². The first-order valence-electron chi connectivity index (χ1n) is 7.77. The lowest BCUT2D eigenvalue weighted by molar-refractivity contribution is -0.141. The molecule has 0 radical (unpaired) electrons. The Morgan fingerprint density at radius 2 is 1.71 bits per heavy atom. The zero-order valence-electron chi connectivity index (χ0n) is 14.3. The maximum atomic E-state index is 13.1. The molecule has 2 rings (SSSR count). The van der Waals surface area contributed by atoms with E-state index in [1.54, 1.807) is 0 Å². The van der Waals surface area contributed by atoms with Gasteiger partial charge in [-0.2, -0.15) is 13.2 Å². The normalized spacial score (nSPS) is 11.9. The van der Waals surface area contributed by atoms with E-state index in [2.05, 4.69) is 0 Å². The summed E-state index contributed by atoms with van der Waals surface area (Å²) >= 11 is 11.7. The van der Waals surface area contributed by atoms with Crippen LogP contribution in [0.15, 0.2) is 47.4 Å². The molecule has 0 saturated heterocycles. The van der Waals surface area contributed by atoms with E-state index in [9.17, 15) is 26.4 Å². The second-order valence-electron chi connectivity index (χ2n) is 5.43. The number of ether oxygens (including phenoxy) is 1. The highest BCUT2D eigenvalue weighted by Crippen LogP contribution is 2.37. The van der Waals surface area contributed by atoms with Crippen LogP contribution in [0.5, 0.6) is 0 Å². The summed E-state index contributed by atoms with van der Waals surface area (Å²) in [5.41, 5.74) is -1.62. The minimum Gasteiger partial charge on any atom is -0.465 e.